The molecule has 0 spiro atoms. The van der Waals surface area contributed by atoms with Crippen LogP contribution in [0.4, 0.5) is 4.39 Å². The zero-order valence-corrected chi connectivity index (χ0v) is 11.7. The van der Waals surface area contributed by atoms with Crippen molar-refractivity contribution in [1.82, 2.24) is 5.32 Å². The maximum Gasteiger partial charge on any atom is 0.129 e. The maximum absolute atomic E-state index is 13.6. The largest absolute Gasteiger partial charge is 0.307 e. The van der Waals surface area contributed by atoms with E-state index in [1.54, 1.807) is 12.1 Å². The van der Waals surface area contributed by atoms with Crippen LogP contribution in [0.2, 0.25) is 5.02 Å². The van der Waals surface area contributed by atoms with Crippen molar-refractivity contribution in [3.05, 3.63) is 34.6 Å². The van der Waals surface area contributed by atoms with Crippen molar-refractivity contribution in [2.24, 2.45) is 0 Å². The van der Waals surface area contributed by atoms with Gasteiger partial charge in [-0.25, -0.2) is 4.39 Å². The molecule has 0 aliphatic carbocycles. The molecular formula is C13H18Cl2FN. The lowest BCUT2D eigenvalue weighted by Gasteiger charge is -2.29. The van der Waals surface area contributed by atoms with E-state index >= 15 is 0 Å². The molecule has 0 saturated carbocycles. The number of hydrogen-bond acceptors (Lipinski definition) is 1. The summed E-state index contributed by atoms with van der Waals surface area (Å²) in [5.74, 6) is 0.329. The van der Waals surface area contributed by atoms with Gasteiger partial charge >= 0.3 is 0 Å². The van der Waals surface area contributed by atoms with Gasteiger partial charge in [0, 0.05) is 28.5 Å². The van der Waals surface area contributed by atoms with E-state index < -0.39 is 0 Å². The highest BCUT2D eigenvalue weighted by molar-refractivity contribution is 6.30. The molecule has 0 saturated heterocycles. The SMILES string of the molecule is CCC(C)(CCCl)NCc1ccc(Cl)cc1F. The van der Waals surface area contributed by atoms with Crippen LogP contribution in [0.15, 0.2) is 18.2 Å². The summed E-state index contributed by atoms with van der Waals surface area (Å²) in [6.45, 7) is 4.69. The lowest BCUT2D eigenvalue weighted by atomic mass is 9.95. The first-order valence-electron chi connectivity index (χ1n) is 5.75. The first-order valence-corrected chi connectivity index (χ1v) is 6.67. The van der Waals surface area contributed by atoms with Gasteiger partial charge < -0.3 is 5.32 Å². The van der Waals surface area contributed by atoms with Crippen LogP contribution < -0.4 is 5.32 Å². The Hall–Kier alpha value is -0.310. The van der Waals surface area contributed by atoms with Crippen LogP contribution in [0.1, 0.15) is 32.3 Å². The summed E-state index contributed by atoms with van der Waals surface area (Å²) in [4.78, 5) is 0. The predicted octanol–water partition coefficient (Wildman–Crippen LogP) is 4.37. The molecule has 1 unspecified atom stereocenters. The molecule has 1 aromatic carbocycles. The summed E-state index contributed by atoms with van der Waals surface area (Å²) in [6, 6.07) is 4.75. The summed E-state index contributed by atoms with van der Waals surface area (Å²) in [6.07, 6.45) is 1.81. The van der Waals surface area contributed by atoms with Gasteiger partial charge in [0.15, 0.2) is 0 Å². The van der Waals surface area contributed by atoms with Crippen molar-refractivity contribution in [2.45, 2.75) is 38.8 Å². The van der Waals surface area contributed by atoms with Gasteiger partial charge in [-0.15, -0.1) is 11.6 Å². The van der Waals surface area contributed by atoms with Crippen molar-refractivity contribution in [3.63, 3.8) is 0 Å². The van der Waals surface area contributed by atoms with Gasteiger partial charge in [0.1, 0.15) is 5.82 Å². The minimum atomic E-state index is -0.269. The molecule has 0 bridgehead atoms. The van der Waals surface area contributed by atoms with Crippen molar-refractivity contribution in [3.8, 4) is 0 Å². The van der Waals surface area contributed by atoms with Crippen molar-refractivity contribution in [2.75, 3.05) is 5.88 Å². The Kier molecular flexibility index (Phi) is 5.71. The summed E-state index contributed by atoms with van der Waals surface area (Å²) in [5, 5.41) is 3.78. The van der Waals surface area contributed by atoms with E-state index in [9.17, 15) is 4.39 Å². The van der Waals surface area contributed by atoms with E-state index in [4.69, 9.17) is 23.2 Å². The lowest BCUT2D eigenvalue weighted by Crippen LogP contribution is -2.41. The maximum atomic E-state index is 13.6. The molecule has 1 nitrogen and oxygen atoms in total. The van der Waals surface area contributed by atoms with E-state index in [1.165, 1.54) is 6.07 Å². The molecule has 96 valence electrons. The average Bonchev–Trinajstić information content (AvgIpc) is 2.28. The Labute approximate surface area is 112 Å². The third-order valence-electron chi connectivity index (χ3n) is 3.15. The Morgan fingerprint density at radius 1 is 1.41 bits per heavy atom. The monoisotopic (exact) mass is 277 g/mol. The van der Waals surface area contributed by atoms with E-state index in [2.05, 4.69) is 19.2 Å². The molecule has 0 aromatic heterocycles. The quantitative estimate of drug-likeness (QED) is 0.762. The van der Waals surface area contributed by atoms with Gasteiger partial charge in [0.05, 0.1) is 0 Å². The Morgan fingerprint density at radius 3 is 2.65 bits per heavy atom. The second-order valence-electron chi connectivity index (χ2n) is 4.44. The first kappa shape index (κ1) is 14.7. The second-order valence-corrected chi connectivity index (χ2v) is 5.26. The number of alkyl halides is 1. The Balaban J connectivity index is 2.65. The third kappa shape index (κ3) is 4.46. The summed E-state index contributed by atoms with van der Waals surface area (Å²) in [5.41, 5.74) is 0.581. The van der Waals surface area contributed by atoms with Gasteiger partial charge in [-0.1, -0.05) is 24.6 Å². The van der Waals surface area contributed by atoms with Crippen LogP contribution in [0.3, 0.4) is 0 Å². The minimum Gasteiger partial charge on any atom is -0.307 e. The van der Waals surface area contributed by atoms with E-state index in [1.807, 2.05) is 0 Å². The highest BCUT2D eigenvalue weighted by Gasteiger charge is 2.20. The fraction of sp³-hybridized carbons (Fsp3) is 0.538. The second kappa shape index (κ2) is 6.58. The molecule has 0 aliphatic heterocycles. The van der Waals surface area contributed by atoms with Crippen LogP contribution in [-0.2, 0) is 6.54 Å². The van der Waals surface area contributed by atoms with E-state index in [-0.39, 0.29) is 11.4 Å². The van der Waals surface area contributed by atoms with Gasteiger partial charge in [0.25, 0.3) is 0 Å². The number of rotatable bonds is 6. The van der Waals surface area contributed by atoms with E-state index in [0.29, 0.717) is 23.0 Å². The molecule has 1 atom stereocenters. The summed E-state index contributed by atoms with van der Waals surface area (Å²) in [7, 11) is 0. The molecule has 1 rings (SSSR count). The standard InChI is InChI=1S/C13H18Cl2FN/c1-3-13(2,6-7-14)17-9-10-4-5-11(15)8-12(10)16/h4-5,8,17H,3,6-7,9H2,1-2H3. The molecule has 1 aromatic rings. The molecule has 4 heteroatoms. The fourth-order valence-electron chi connectivity index (χ4n) is 1.57. The fourth-order valence-corrected chi connectivity index (χ4v) is 2.15. The van der Waals surface area contributed by atoms with Crippen molar-refractivity contribution < 1.29 is 4.39 Å². The summed E-state index contributed by atoms with van der Waals surface area (Å²) < 4.78 is 13.6. The molecule has 0 aliphatic rings. The summed E-state index contributed by atoms with van der Waals surface area (Å²) >= 11 is 11.5. The smallest absolute Gasteiger partial charge is 0.129 e. The molecular weight excluding hydrogens is 260 g/mol. The topological polar surface area (TPSA) is 12.0 Å². The van der Waals surface area contributed by atoms with Gasteiger partial charge in [-0.3, -0.25) is 0 Å². The Morgan fingerprint density at radius 2 is 2.12 bits per heavy atom. The Bertz CT molecular complexity index is 370. The van der Waals surface area contributed by atoms with E-state index in [0.717, 1.165) is 12.8 Å². The normalized spacial score (nSPS) is 14.6. The number of benzene rings is 1. The molecule has 0 amide bonds. The molecule has 0 radical (unpaired) electrons. The molecule has 17 heavy (non-hydrogen) atoms. The number of nitrogens with one attached hydrogen (secondary N) is 1. The van der Waals surface area contributed by atoms with Crippen LogP contribution in [0.25, 0.3) is 0 Å². The number of hydrogen-bond donors (Lipinski definition) is 1. The number of halogens is 3. The van der Waals surface area contributed by atoms with Crippen LogP contribution in [-0.4, -0.2) is 11.4 Å². The first-order chi connectivity index (χ1) is 8.00. The average molecular weight is 278 g/mol. The van der Waals surface area contributed by atoms with Crippen LogP contribution >= 0.6 is 23.2 Å². The van der Waals surface area contributed by atoms with Crippen molar-refractivity contribution >= 4 is 23.2 Å². The van der Waals surface area contributed by atoms with Gasteiger partial charge in [-0.2, -0.15) is 0 Å². The highest BCUT2D eigenvalue weighted by Crippen LogP contribution is 2.18. The lowest BCUT2D eigenvalue weighted by molar-refractivity contribution is 0.329. The predicted molar refractivity (Wildman–Crippen MR) is 72.3 cm³/mol. The highest BCUT2D eigenvalue weighted by atomic mass is 35.5. The minimum absolute atomic E-state index is 0.0478. The van der Waals surface area contributed by atoms with Gasteiger partial charge in [0.2, 0.25) is 0 Å². The van der Waals surface area contributed by atoms with Crippen molar-refractivity contribution in [1.29, 1.82) is 0 Å². The molecule has 0 heterocycles. The van der Waals surface area contributed by atoms with Gasteiger partial charge in [-0.05, 0) is 31.9 Å². The third-order valence-corrected chi connectivity index (χ3v) is 3.57. The van der Waals surface area contributed by atoms with Crippen LogP contribution in [0.5, 0.6) is 0 Å². The molecule has 0 fully saturated rings. The zero-order chi connectivity index (χ0) is 12.9. The van der Waals surface area contributed by atoms with Crippen LogP contribution in [0, 0.1) is 5.82 Å². The molecule has 1 N–H and O–H groups in total. The zero-order valence-electron chi connectivity index (χ0n) is 10.2.